The van der Waals surface area contributed by atoms with E-state index < -0.39 is 21.0 Å². The Hall–Kier alpha value is -2.00. The first-order chi connectivity index (χ1) is 14.1. The summed E-state index contributed by atoms with van der Waals surface area (Å²) in [6.07, 6.45) is 0.0892. The molecule has 3 nitrogen and oxygen atoms in total. The number of hydrogen-bond donors (Lipinski definition) is 0. The zero-order valence-corrected chi connectivity index (χ0v) is 18.7. The lowest BCUT2D eigenvalue weighted by atomic mass is 9.97. The SMILES string of the molecule is Cc1ccc(Cl)cc1N1CCN(C(=O)CC(C)c2ccc(S(F)(F)(F)(F)F)cc2)CC1. The number of benzene rings is 2. The van der Waals surface area contributed by atoms with Crippen LogP contribution in [0.1, 0.15) is 30.4 Å². The van der Waals surface area contributed by atoms with E-state index in [0.29, 0.717) is 48.9 Å². The van der Waals surface area contributed by atoms with Gasteiger partial charge < -0.3 is 9.80 Å². The Morgan fingerprint density at radius 1 is 1.00 bits per heavy atom. The minimum atomic E-state index is -9.69. The summed E-state index contributed by atoms with van der Waals surface area (Å²) < 4.78 is 64.3. The number of amides is 1. The van der Waals surface area contributed by atoms with E-state index in [1.54, 1.807) is 11.8 Å². The third kappa shape index (κ3) is 5.83. The third-order valence-corrected chi connectivity index (χ3v) is 6.92. The Labute approximate surface area is 183 Å². The molecule has 0 N–H and O–H groups in total. The predicted octanol–water partition coefficient (Wildman–Crippen LogP) is 7.15. The van der Waals surface area contributed by atoms with Crippen LogP contribution in [0.3, 0.4) is 0 Å². The lowest BCUT2D eigenvalue weighted by Gasteiger charge is -2.40. The van der Waals surface area contributed by atoms with Gasteiger partial charge in [0.25, 0.3) is 0 Å². The summed E-state index contributed by atoms with van der Waals surface area (Å²) in [6, 6.07) is 8.49. The number of carbonyl (C=O) groups is 1. The normalized spacial score (nSPS) is 18.3. The molecule has 10 heteroatoms. The quantitative estimate of drug-likeness (QED) is 0.422. The van der Waals surface area contributed by atoms with Crippen molar-refractivity contribution in [3.05, 3.63) is 58.6 Å². The molecular formula is C21H24ClF5N2OS. The Balaban J connectivity index is 1.59. The summed E-state index contributed by atoms with van der Waals surface area (Å²) in [5.41, 5.74) is 2.52. The van der Waals surface area contributed by atoms with Crippen LogP contribution in [0.2, 0.25) is 5.02 Å². The predicted molar refractivity (Wildman–Crippen MR) is 116 cm³/mol. The van der Waals surface area contributed by atoms with Gasteiger partial charge in [-0.15, -0.1) is 0 Å². The highest BCUT2D eigenvalue weighted by atomic mass is 35.5. The molecule has 3 rings (SSSR count). The van der Waals surface area contributed by atoms with Crippen molar-refractivity contribution in [1.29, 1.82) is 0 Å². The molecule has 1 unspecified atom stereocenters. The van der Waals surface area contributed by atoms with Gasteiger partial charge in [-0.3, -0.25) is 4.79 Å². The average molecular weight is 483 g/mol. The number of aryl methyl sites for hydroxylation is 1. The van der Waals surface area contributed by atoms with E-state index in [2.05, 4.69) is 4.90 Å². The molecule has 0 saturated carbocycles. The van der Waals surface area contributed by atoms with Crippen molar-refractivity contribution in [3.8, 4) is 0 Å². The summed E-state index contributed by atoms with van der Waals surface area (Å²) in [4.78, 5) is 14.6. The van der Waals surface area contributed by atoms with Gasteiger partial charge >= 0.3 is 10.2 Å². The van der Waals surface area contributed by atoms with Gasteiger partial charge in [-0.25, -0.2) is 0 Å². The van der Waals surface area contributed by atoms with Crippen LogP contribution in [-0.2, 0) is 4.79 Å². The van der Waals surface area contributed by atoms with Crippen LogP contribution in [0.4, 0.5) is 25.1 Å². The number of rotatable bonds is 5. The maximum absolute atomic E-state index is 12.9. The highest BCUT2D eigenvalue weighted by Gasteiger charge is 2.65. The fourth-order valence-electron chi connectivity index (χ4n) is 3.68. The molecule has 2 aromatic rings. The van der Waals surface area contributed by atoms with Crippen molar-refractivity contribution in [2.45, 2.75) is 31.1 Å². The van der Waals surface area contributed by atoms with Crippen LogP contribution < -0.4 is 4.90 Å². The van der Waals surface area contributed by atoms with Crippen molar-refractivity contribution in [3.63, 3.8) is 0 Å². The highest BCUT2D eigenvalue weighted by molar-refractivity contribution is 8.45. The molecule has 31 heavy (non-hydrogen) atoms. The molecule has 0 spiro atoms. The molecule has 1 saturated heterocycles. The van der Waals surface area contributed by atoms with E-state index >= 15 is 0 Å². The van der Waals surface area contributed by atoms with E-state index in [1.807, 2.05) is 25.1 Å². The van der Waals surface area contributed by atoms with Gasteiger partial charge in [-0.05, 0) is 48.2 Å². The first-order valence-electron chi connectivity index (χ1n) is 9.77. The largest absolute Gasteiger partial charge is 0.368 e. The second-order valence-corrected chi connectivity index (χ2v) is 10.8. The van der Waals surface area contributed by atoms with Gasteiger partial charge in [0.1, 0.15) is 4.90 Å². The number of anilines is 1. The molecule has 0 radical (unpaired) electrons. The van der Waals surface area contributed by atoms with Gasteiger partial charge in [0, 0.05) is 43.3 Å². The van der Waals surface area contributed by atoms with E-state index in [1.165, 1.54) is 0 Å². The van der Waals surface area contributed by atoms with Crippen LogP contribution in [0.25, 0.3) is 0 Å². The maximum Gasteiger partial charge on any atom is 0.310 e. The highest BCUT2D eigenvalue weighted by Crippen LogP contribution is 3.02. The third-order valence-electron chi connectivity index (χ3n) is 5.52. The van der Waals surface area contributed by atoms with E-state index in [4.69, 9.17) is 11.6 Å². The lowest BCUT2D eigenvalue weighted by molar-refractivity contribution is -0.131. The van der Waals surface area contributed by atoms with Gasteiger partial charge in [-0.2, -0.15) is 0 Å². The Morgan fingerprint density at radius 3 is 2.13 bits per heavy atom. The molecule has 1 atom stereocenters. The number of piperazine rings is 1. The molecule has 2 aromatic carbocycles. The summed E-state index contributed by atoms with van der Waals surface area (Å²) in [7, 11) is -9.69. The zero-order valence-electron chi connectivity index (χ0n) is 17.1. The minimum absolute atomic E-state index is 0.0892. The molecule has 1 heterocycles. The number of hydrogen-bond acceptors (Lipinski definition) is 2. The molecule has 0 aliphatic carbocycles. The van der Waals surface area contributed by atoms with Crippen LogP contribution in [0.5, 0.6) is 0 Å². The fourth-order valence-corrected chi connectivity index (χ4v) is 4.50. The van der Waals surface area contributed by atoms with E-state index in [0.717, 1.165) is 23.4 Å². The van der Waals surface area contributed by atoms with Crippen molar-refractivity contribution in [2.75, 3.05) is 31.1 Å². The van der Waals surface area contributed by atoms with Crippen LogP contribution >= 0.6 is 21.8 Å². The molecular weight excluding hydrogens is 459 g/mol. The van der Waals surface area contributed by atoms with Gasteiger partial charge in [0.15, 0.2) is 0 Å². The molecule has 1 fully saturated rings. The van der Waals surface area contributed by atoms with E-state index in [9.17, 15) is 24.2 Å². The summed E-state index contributed by atoms with van der Waals surface area (Å²) in [6.45, 7) is 5.99. The van der Waals surface area contributed by atoms with Crippen molar-refractivity contribution < 1.29 is 24.2 Å². The van der Waals surface area contributed by atoms with Crippen molar-refractivity contribution in [2.24, 2.45) is 0 Å². The average Bonchev–Trinajstić information content (AvgIpc) is 2.68. The first kappa shape index (κ1) is 23.7. The Kier molecular flexibility index (Phi) is 5.76. The van der Waals surface area contributed by atoms with Crippen LogP contribution in [0.15, 0.2) is 47.4 Å². The Morgan fingerprint density at radius 2 is 1.58 bits per heavy atom. The second-order valence-electron chi connectivity index (χ2n) is 7.94. The van der Waals surface area contributed by atoms with E-state index in [-0.39, 0.29) is 12.3 Å². The molecule has 0 aromatic heterocycles. The number of halogens is 6. The van der Waals surface area contributed by atoms with Gasteiger partial charge in [0.05, 0.1) is 0 Å². The molecule has 1 aliphatic rings. The Bertz CT molecular complexity index is 975. The summed E-state index contributed by atoms with van der Waals surface area (Å²) >= 11 is 6.09. The number of carbonyl (C=O) groups excluding carboxylic acids is 1. The molecule has 0 bridgehead atoms. The molecule has 1 amide bonds. The van der Waals surface area contributed by atoms with Crippen molar-refractivity contribution >= 4 is 33.4 Å². The summed E-state index contributed by atoms with van der Waals surface area (Å²) in [5.74, 6) is -0.514. The lowest BCUT2D eigenvalue weighted by Crippen LogP contribution is -2.49. The van der Waals surface area contributed by atoms with Crippen molar-refractivity contribution in [1.82, 2.24) is 4.90 Å². The van der Waals surface area contributed by atoms with Gasteiger partial charge in [0.2, 0.25) is 5.91 Å². The minimum Gasteiger partial charge on any atom is -0.368 e. The smallest absolute Gasteiger partial charge is 0.310 e. The standard InChI is InChI=1S/C21H24ClF5N2OS/c1-15-3-6-18(22)14-20(15)28-9-11-29(12-10-28)21(30)13-16(2)17-4-7-19(8-5-17)31(23,24,25,26)27/h3-8,14,16H,9-13H2,1-2H3. The monoisotopic (exact) mass is 482 g/mol. The topological polar surface area (TPSA) is 23.6 Å². The maximum atomic E-state index is 12.9. The fraction of sp³-hybridized carbons (Fsp3) is 0.381. The first-order valence-corrected chi connectivity index (χ1v) is 12.1. The second kappa shape index (κ2) is 7.55. The van der Waals surface area contributed by atoms with Gasteiger partial charge in [-0.1, -0.05) is 56.2 Å². The molecule has 172 valence electrons. The molecule has 1 aliphatic heterocycles. The summed E-state index contributed by atoms with van der Waals surface area (Å²) in [5, 5.41) is 0.643. The van der Waals surface area contributed by atoms with Crippen LogP contribution in [-0.4, -0.2) is 37.0 Å². The van der Waals surface area contributed by atoms with Crippen LogP contribution in [0, 0.1) is 6.92 Å². The zero-order chi connectivity index (χ0) is 23.1. The number of nitrogens with zero attached hydrogens (tertiary/aromatic N) is 2.